The SMILES string of the molecule is Cc1ccc(C=O)c(=O)[nH]1.Cc1ccc(CO)c(=O)[nH]1. The van der Waals surface area contributed by atoms with Gasteiger partial charge in [0.15, 0.2) is 6.29 Å². The number of nitrogens with one attached hydrogen (secondary N) is 2. The largest absolute Gasteiger partial charge is 0.391 e. The Morgan fingerprint density at radius 1 is 1.00 bits per heavy atom. The maximum Gasteiger partial charge on any atom is 0.258 e. The molecule has 0 aliphatic carbocycles. The Labute approximate surface area is 115 Å². The number of aromatic nitrogens is 2. The first-order valence-electron chi connectivity index (χ1n) is 5.92. The summed E-state index contributed by atoms with van der Waals surface area (Å²) in [4.78, 5) is 36.8. The van der Waals surface area contributed by atoms with Crippen molar-refractivity contribution in [3.8, 4) is 0 Å². The van der Waals surface area contributed by atoms with Gasteiger partial charge in [-0.1, -0.05) is 0 Å². The van der Waals surface area contributed by atoms with E-state index < -0.39 is 0 Å². The summed E-state index contributed by atoms with van der Waals surface area (Å²) in [6.07, 6.45) is 0.540. The van der Waals surface area contributed by atoms with Gasteiger partial charge < -0.3 is 15.1 Å². The molecule has 0 aliphatic heterocycles. The number of aliphatic hydroxyl groups excluding tert-OH is 1. The second-order valence-corrected chi connectivity index (χ2v) is 4.20. The van der Waals surface area contributed by atoms with E-state index in [2.05, 4.69) is 9.97 Å². The number of H-pyrrole nitrogens is 2. The third-order valence-corrected chi connectivity index (χ3v) is 2.52. The van der Waals surface area contributed by atoms with Crippen LogP contribution >= 0.6 is 0 Å². The Balaban J connectivity index is 0.000000200. The second-order valence-electron chi connectivity index (χ2n) is 4.20. The van der Waals surface area contributed by atoms with Crippen molar-refractivity contribution in [3.05, 3.63) is 67.5 Å². The molecule has 2 heterocycles. The molecule has 0 radical (unpaired) electrons. The Kier molecular flexibility index (Phi) is 5.61. The normalized spacial score (nSPS) is 9.55. The van der Waals surface area contributed by atoms with E-state index in [1.165, 1.54) is 6.07 Å². The first kappa shape index (κ1) is 15.6. The number of pyridine rings is 2. The summed E-state index contributed by atoms with van der Waals surface area (Å²) in [5.74, 6) is 0. The molecule has 0 aliphatic rings. The number of aromatic amines is 2. The molecule has 0 saturated heterocycles. The van der Waals surface area contributed by atoms with Gasteiger partial charge in [-0.05, 0) is 38.1 Å². The lowest BCUT2D eigenvalue weighted by atomic mass is 10.3. The summed E-state index contributed by atoms with van der Waals surface area (Å²) >= 11 is 0. The van der Waals surface area contributed by atoms with Gasteiger partial charge in [-0.2, -0.15) is 0 Å². The lowest BCUT2D eigenvalue weighted by Gasteiger charge is -1.94. The quantitative estimate of drug-likeness (QED) is 0.701. The number of aryl methyl sites for hydroxylation is 2. The minimum Gasteiger partial charge on any atom is -0.391 e. The molecule has 0 amide bonds. The maximum atomic E-state index is 10.9. The fourth-order valence-corrected chi connectivity index (χ4v) is 1.40. The molecule has 0 atom stereocenters. The van der Waals surface area contributed by atoms with E-state index in [-0.39, 0.29) is 23.3 Å². The van der Waals surface area contributed by atoms with Crippen LogP contribution in [0.5, 0.6) is 0 Å². The average Bonchev–Trinajstić information content (AvgIpc) is 2.40. The highest BCUT2D eigenvalue weighted by Crippen LogP contribution is 1.91. The van der Waals surface area contributed by atoms with Gasteiger partial charge in [0.05, 0.1) is 12.2 Å². The van der Waals surface area contributed by atoms with E-state index in [0.29, 0.717) is 11.8 Å². The number of hydrogen-bond donors (Lipinski definition) is 3. The molecule has 106 valence electrons. The monoisotopic (exact) mass is 276 g/mol. The van der Waals surface area contributed by atoms with Gasteiger partial charge in [-0.3, -0.25) is 14.4 Å². The minimum atomic E-state index is -0.324. The summed E-state index contributed by atoms with van der Waals surface area (Å²) in [6, 6.07) is 6.56. The fourth-order valence-electron chi connectivity index (χ4n) is 1.40. The summed E-state index contributed by atoms with van der Waals surface area (Å²) in [7, 11) is 0. The summed E-state index contributed by atoms with van der Waals surface area (Å²) < 4.78 is 0. The van der Waals surface area contributed by atoms with E-state index >= 15 is 0 Å². The molecule has 0 saturated carbocycles. The van der Waals surface area contributed by atoms with Crippen molar-refractivity contribution in [1.29, 1.82) is 0 Å². The molecule has 0 bridgehead atoms. The van der Waals surface area contributed by atoms with Crippen LogP contribution < -0.4 is 11.1 Å². The van der Waals surface area contributed by atoms with Crippen molar-refractivity contribution in [3.63, 3.8) is 0 Å². The van der Waals surface area contributed by atoms with E-state index in [9.17, 15) is 14.4 Å². The number of carbonyl (C=O) groups excluding carboxylic acids is 1. The molecule has 0 aromatic carbocycles. The Bertz CT molecular complexity index is 701. The van der Waals surface area contributed by atoms with Gasteiger partial charge >= 0.3 is 0 Å². The predicted octanol–water partition coefficient (Wildman–Crippen LogP) is 0.671. The average molecular weight is 276 g/mol. The predicted molar refractivity (Wildman–Crippen MR) is 74.9 cm³/mol. The van der Waals surface area contributed by atoms with Crippen LogP contribution in [0.1, 0.15) is 27.3 Å². The zero-order valence-electron chi connectivity index (χ0n) is 11.3. The number of rotatable bonds is 2. The van der Waals surface area contributed by atoms with Crippen LogP contribution in [-0.2, 0) is 6.61 Å². The van der Waals surface area contributed by atoms with Crippen LogP contribution in [0.4, 0.5) is 0 Å². The molecule has 6 nitrogen and oxygen atoms in total. The second kappa shape index (κ2) is 7.20. The molecule has 2 aromatic heterocycles. The highest BCUT2D eigenvalue weighted by molar-refractivity contribution is 5.73. The molecule has 20 heavy (non-hydrogen) atoms. The van der Waals surface area contributed by atoms with E-state index in [0.717, 1.165) is 11.4 Å². The molecule has 6 heteroatoms. The van der Waals surface area contributed by atoms with E-state index in [4.69, 9.17) is 5.11 Å². The number of aliphatic hydroxyl groups is 1. The lowest BCUT2D eigenvalue weighted by Crippen LogP contribution is -2.12. The van der Waals surface area contributed by atoms with E-state index in [1.54, 1.807) is 32.0 Å². The smallest absolute Gasteiger partial charge is 0.258 e. The molecule has 2 aromatic rings. The number of aldehydes is 1. The van der Waals surface area contributed by atoms with Gasteiger partial charge in [-0.15, -0.1) is 0 Å². The maximum absolute atomic E-state index is 10.9. The molecule has 3 N–H and O–H groups in total. The van der Waals surface area contributed by atoms with Crippen molar-refractivity contribution in [2.24, 2.45) is 0 Å². The van der Waals surface area contributed by atoms with Crippen molar-refractivity contribution in [1.82, 2.24) is 9.97 Å². The molecule has 0 fully saturated rings. The third kappa shape index (κ3) is 4.33. The first-order valence-corrected chi connectivity index (χ1v) is 5.92. The summed E-state index contributed by atoms with van der Waals surface area (Å²) in [5, 5.41) is 8.59. The highest BCUT2D eigenvalue weighted by Gasteiger charge is 1.95. The fraction of sp³-hybridized carbons (Fsp3) is 0.214. The topological polar surface area (TPSA) is 103 Å². The highest BCUT2D eigenvalue weighted by atomic mass is 16.3. The van der Waals surface area contributed by atoms with Crippen molar-refractivity contribution < 1.29 is 9.90 Å². The molecular weight excluding hydrogens is 260 g/mol. The van der Waals surface area contributed by atoms with Crippen molar-refractivity contribution >= 4 is 6.29 Å². The van der Waals surface area contributed by atoms with Gasteiger partial charge in [0, 0.05) is 17.0 Å². The van der Waals surface area contributed by atoms with Crippen LogP contribution in [0.2, 0.25) is 0 Å². The molecule has 0 spiro atoms. The Morgan fingerprint density at radius 3 is 2.00 bits per heavy atom. The zero-order valence-corrected chi connectivity index (χ0v) is 11.3. The van der Waals surface area contributed by atoms with Crippen LogP contribution in [0, 0.1) is 13.8 Å². The van der Waals surface area contributed by atoms with Gasteiger partial charge in [0.1, 0.15) is 0 Å². The van der Waals surface area contributed by atoms with Crippen LogP contribution in [0.15, 0.2) is 33.9 Å². The minimum absolute atomic E-state index is 0.172. The van der Waals surface area contributed by atoms with Crippen LogP contribution in [-0.4, -0.2) is 21.4 Å². The number of hydrogen-bond acceptors (Lipinski definition) is 4. The van der Waals surface area contributed by atoms with E-state index in [1.807, 2.05) is 0 Å². The van der Waals surface area contributed by atoms with Gasteiger partial charge in [-0.25, -0.2) is 0 Å². The van der Waals surface area contributed by atoms with Crippen molar-refractivity contribution in [2.75, 3.05) is 0 Å². The van der Waals surface area contributed by atoms with Crippen LogP contribution in [0.25, 0.3) is 0 Å². The van der Waals surface area contributed by atoms with Crippen LogP contribution in [0.3, 0.4) is 0 Å². The molecular formula is C14H16N2O4. The standard InChI is InChI=1S/C7H9NO2.C7H7NO2/c2*1-5-2-3-6(4-9)7(10)8-5/h2-3,9H,4H2,1H3,(H,8,10);2-4H,1H3,(H,8,10). The van der Waals surface area contributed by atoms with Gasteiger partial charge in [0.25, 0.3) is 11.1 Å². The summed E-state index contributed by atoms with van der Waals surface area (Å²) in [5.41, 5.74) is 1.62. The van der Waals surface area contributed by atoms with Crippen molar-refractivity contribution in [2.45, 2.75) is 20.5 Å². The zero-order chi connectivity index (χ0) is 15.1. The number of carbonyl (C=O) groups is 1. The molecule has 2 rings (SSSR count). The first-order chi connectivity index (χ1) is 9.47. The van der Waals surface area contributed by atoms with Gasteiger partial charge in [0.2, 0.25) is 0 Å². The Morgan fingerprint density at radius 2 is 1.55 bits per heavy atom. The Hall–Kier alpha value is -2.47. The third-order valence-electron chi connectivity index (χ3n) is 2.52. The molecule has 0 unspecified atom stereocenters. The summed E-state index contributed by atoms with van der Waals surface area (Å²) in [6.45, 7) is 3.36. The lowest BCUT2D eigenvalue weighted by molar-refractivity contribution is 0.112.